The highest BCUT2D eigenvalue weighted by atomic mass is 16.3. The largest absolute Gasteiger partial charge is 0.394 e. The third-order valence-corrected chi connectivity index (χ3v) is 10.9. The van der Waals surface area contributed by atoms with Crippen LogP contribution in [0.4, 0.5) is 0 Å². The Morgan fingerprint density at radius 2 is 0.745 bits per heavy atom. The van der Waals surface area contributed by atoms with E-state index in [9.17, 15) is 20.1 Å². The second-order valence-corrected chi connectivity index (χ2v) is 16.3. The molecule has 0 radical (unpaired) electrons. The standard InChI is InChI=1S/C50H93NO4/c1-3-5-7-9-11-13-15-17-19-21-23-24-25-27-28-30-32-34-36-38-40-42-44-48(53)47(46-52)51-50(55)49(54)45-43-41-39-37-35-33-31-29-26-22-20-18-16-14-12-10-8-6-4-2/h26-29,34,36,42,44,47-49,52-54H,3-25,30-33,35,37-41,43,45-46H2,1-2H3,(H,51,55)/b28-27+,29-26-,36-34+,44-42+. The number of hydrogen-bond acceptors (Lipinski definition) is 4. The maximum absolute atomic E-state index is 12.5. The predicted octanol–water partition coefficient (Wildman–Crippen LogP) is 14.1. The molecule has 0 aliphatic rings. The third kappa shape index (κ3) is 40.3. The number of rotatable bonds is 43. The van der Waals surface area contributed by atoms with Crippen molar-refractivity contribution < 1.29 is 20.1 Å². The molecule has 0 aromatic heterocycles. The number of amides is 1. The topological polar surface area (TPSA) is 89.8 Å². The lowest BCUT2D eigenvalue weighted by molar-refractivity contribution is -0.131. The normalized spacial score (nSPS) is 13.9. The zero-order valence-electron chi connectivity index (χ0n) is 36.6. The Kier molecular flexibility index (Phi) is 43.6. The number of aliphatic hydroxyl groups is 3. The lowest BCUT2D eigenvalue weighted by Gasteiger charge is -2.21. The molecule has 55 heavy (non-hydrogen) atoms. The molecule has 1 amide bonds. The zero-order valence-corrected chi connectivity index (χ0v) is 36.6. The number of aliphatic hydroxyl groups excluding tert-OH is 3. The van der Waals surface area contributed by atoms with Crippen molar-refractivity contribution in [2.45, 2.75) is 257 Å². The van der Waals surface area contributed by atoms with Gasteiger partial charge in [-0.25, -0.2) is 0 Å². The van der Waals surface area contributed by atoms with Crippen LogP contribution in [0.2, 0.25) is 0 Å². The van der Waals surface area contributed by atoms with E-state index >= 15 is 0 Å². The summed E-state index contributed by atoms with van der Waals surface area (Å²) < 4.78 is 0. The Morgan fingerprint density at radius 3 is 1.11 bits per heavy atom. The summed E-state index contributed by atoms with van der Waals surface area (Å²) in [5, 5.41) is 33.2. The Morgan fingerprint density at radius 1 is 0.436 bits per heavy atom. The zero-order chi connectivity index (χ0) is 40.1. The molecule has 0 aromatic rings. The molecule has 0 saturated carbocycles. The minimum atomic E-state index is -1.12. The fourth-order valence-electron chi connectivity index (χ4n) is 7.09. The SMILES string of the molecule is CCCCCCCCCCC/C=C\CCCCCCCCC(O)C(=O)NC(CO)C(O)/C=C/CC/C=C/CC/C=C/CCCCCCCCCCCCCC. The smallest absolute Gasteiger partial charge is 0.249 e. The van der Waals surface area contributed by atoms with Gasteiger partial charge in [0.1, 0.15) is 6.10 Å². The summed E-state index contributed by atoms with van der Waals surface area (Å²) in [6, 6.07) is -0.824. The fraction of sp³-hybridized carbons (Fsp3) is 0.820. The van der Waals surface area contributed by atoms with Crippen molar-refractivity contribution in [2.75, 3.05) is 6.61 Å². The molecule has 0 aliphatic carbocycles. The van der Waals surface area contributed by atoms with Crippen molar-refractivity contribution in [3.63, 3.8) is 0 Å². The first-order valence-electron chi connectivity index (χ1n) is 24.0. The molecule has 0 spiro atoms. The van der Waals surface area contributed by atoms with E-state index in [1.165, 1.54) is 167 Å². The molecule has 0 bridgehead atoms. The lowest BCUT2D eigenvalue weighted by atomic mass is 10.0. The summed E-state index contributed by atoms with van der Waals surface area (Å²) in [6.07, 6.45) is 58.7. The maximum Gasteiger partial charge on any atom is 0.249 e. The van der Waals surface area contributed by atoms with E-state index in [0.717, 1.165) is 51.4 Å². The minimum Gasteiger partial charge on any atom is -0.394 e. The summed E-state index contributed by atoms with van der Waals surface area (Å²) in [6.45, 7) is 4.17. The van der Waals surface area contributed by atoms with Gasteiger partial charge in [-0.1, -0.05) is 217 Å². The third-order valence-electron chi connectivity index (χ3n) is 10.9. The Hall–Kier alpha value is -1.69. The summed E-state index contributed by atoms with van der Waals surface area (Å²) in [5.74, 6) is -0.522. The quantitative estimate of drug-likeness (QED) is 0.0367. The van der Waals surface area contributed by atoms with Crippen molar-refractivity contribution >= 4 is 5.91 Å². The van der Waals surface area contributed by atoms with Crippen LogP contribution in [-0.4, -0.2) is 46.1 Å². The summed E-state index contributed by atoms with van der Waals surface area (Å²) in [4.78, 5) is 12.5. The van der Waals surface area contributed by atoms with Gasteiger partial charge in [-0.05, 0) is 70.6 Å². The molecular formula is C50H93NO4. The van der Waals surface area contributed by atoms with Gasteiger partial charge >= 0.3 is 0 Å². The van der Waals surface area contributed by atoms with Crippen molar-refractivity contribution in [2.24, 2.45) is 0 Å². The van der Waals surface area contributed by atoms with Crippen LogP contribution in [0, 0.1) is 0 Å². The van der Waals surface area contributed by atoms with E-state index in [2.05, 4.69) is 55.6 Å². The molecular weight excluding hydrogens is 679 g/mol. The van der Waals surface area contributed by atoms with Gasteiger partial charge in [0.25, 0.3) is 0 Å². The van der Waals surface area contributed by atoms with Crippen molar-refractivity contribution in [3.05, 3.63) is 48.6 Å². The number of hydrogen-bond donors (Lipinski definition) is 4. The van der Waals surface area contributed by atoms with Crippen LogP contribution in [0.15, 0.2) is 48.6 Å². The van der Waals surface area contributed by atoms with E-state index < -0.39 is 24.2 Å². The summed E-state index contributed by atoms with van der Waals surface area (Å²) in [7, 11) is 0. The Balaban J connectivity index is 3.73. The molecule has 5 heteroatoms. The van der Waals surface area contributed by atoms with Crippen LogP contribution >= 0.6 is 0 Å². The molecule has 0 aliphatic heterocycles. The molecule has 0 fully saturated rings. The Bertz CT molecular complexity index is 896. The van der Waals surface area contributed by atoms with Crippen LogP contribution in [0.3, 0.4) is 0 Å². The van der Waals surface area contributed by atoms with Gasteiger partial charge in [0.05, 0.1) is 18.8 Å². The van der Waals surface area contributed by atoms with Crippen molar-refractivity contribution in [1.29, 1.82) is 0 Å². The van der Waals surface area contributed by atoms with E-state index in [1.54, 1.807) is 6.08 Å². The summed E-state index contributed by atoms with van der Waals surface area (Å²) >= 11 is 0. The molecule has 5 nitrogen and oxygen atoms in total. The van der Waals surface area contributed by atoms with Crippen molar-refractivity contribution in [1.82, 2.24) is 5.32 Å². The van der Waals surface area contributed by atoms with Gasteiger partial charge in [0.15, 0.2) is 0 Å². The average Bonchev–Trinajstić information content (AvgIpc) is 3.19. The van der Waals surface area contributed by atoms with Crippen LogP contribution in [0.25, 0.3) is 0 Å². The molecule has 0 rings (SSSR count). The summed E-state index contributed by atoms with van der Waals surface area (Å²) in [5.41, 5.74) is 0. The second kappa shape index (κ2) is 45.0. The average molecular weight is 772 g/mol. The number of carbonyl (C=O) groups excluding carboxylic acids is 1. The van der Waals surface area contributed by atoms with Crippen LogP contribution in [0.5, 0.6) is 0 Å². The molecule has 4 N–H and O–H groups in total. The van der Waals surface area contributed by atoms with Gasteiger partial charge in [0.2, 0.25) is 5.91 Å². The van der Waals surface area contributed by atoms with Gasteiger partial charge in [-0.15, -0.1) is 0 Å². The highest BCUT2D eigenvalue weighted by Gasteiger charge is 2.22. The first-order chi connectivity index (χ1) is 27.1. The number of allylic oxidation sites excluding steroid dienone is 7. The second-order valence-electron chi connectivity index (χ2n) is 16.3. The van der Waals surface area contributed by atoms with E-state index in [-0.39, 0.29) is 6.61 Å². The van der Waals surface area contributed by atoms with E-state index in [1.807, 2.05) is 6.08 Å². The van der Waals surface area contributed by atoms with E-state index in [0.29, 0.717) is 6.42 Å². The van der Waals surface area contributed by atoms with Gasteiger partial charge < -0.3 is 20.6 Å². The minimum absolute atomic E-state index is 0.384. The van der Waals surface area contributed by atoms with E-state index in [4.69, 9.17) is 0 Å². The molecule has 0 heterocycles. The lowest BCUT2D eigenvalue weighted by Crippen LogP contribution is -2.48. The predicted molar refractivity (Wildman–Crippen MR) is 241 cm³/mol. The fourth-order valence-corrected chi connectivity index (χ4v) is 7.09. The van der Waals surface area contributed by atoms with Crippen LogP contribution < -0.4 is 5.32 Å². The molecule has 0 saturated heterocycles. The first-order valence-corrected chi connectivity index (χ1v) is 24.0. The Labute approximate surface area is 342 Å². The first kappa shape index (κ1) is 53.3. The highest BCUT2D eigenvalue weighted by Crippen LogP contribution is 2.15. The molecule has 3 unspecified atom stereocenters. The van der Waals surface area contributed by atoms with Crippen molar-refractivity contribution in [3.8, 4) is 0 Å². The number of unbranched alkanes of at least 4 members (excludes halogenated alkanes) is 29. The number of carbonyl (C=O) groups is 1. The van der Waals surface area contributed by atoms with Crippen LogP contribution in [0.1, 0.15) is 239 Å². The molecule has 0 aromatic carbocycles. The van der Waals surface area contributed by atoms with Gasteiger partial charge in [0, 0.05) is 0 Å². The van der Waals surface area contributed by atoms with Crippen LogP contribution in [-0.2, 0) is 4.79 Å². The molecule has 322 valence electrons. The number of nitrogens with one attached hydrogen (secondary N) is 1. The monoisotopic (exact) mass is 772 g/mol. The highest BCUT2D eigenvalue weighted by molar-refractivity contribution is 5.80. The van der Waals surface area contributed by atoms with Gasteiger partial charge in [-0.2, -0.15) is 0 Å². The maximum atomic E-state index is 12.5. The van der Waals surface area contributed by atoms with Gasteiger partial charge in [-0.3, -0.25) is 4.79 Å². The molecule has 3 atom stereocenters.